The highest BCUT2D eigenvalue weighted by Crippen LogP contribution is 2.35. The Balaban J connectivity index is 2.01. The molecule has 2 rings (SSSR count). The molecule has 2 heterocycles. The quantitative estimate of drug-likeness (QED) is 0.818. The van der Waals surface area contributed by atoms with Gasteiger partial charge in [-0.25, -0.2) is 9.97 Å². The monoisotopic (exact) mass is 261 g/mol. The standard InChI is InChI=1S/C11H14F3N3O/c1-18-10-6-9(15-7-16-10)17-4-2-8(3-5-17)11(12,13)14/h6-8H,2-5H2,1H3. The van der Waals surface area contributed by atoms with Crippen molar-refractivity contribution < 1.29 is 17.9 Å². The van der Waals surface area contributed by atoms with Gasteiger partial charge in [-0.2, -0.15) is 13.2 Å². The van der Waals surface area contributed by atoms with Crippen LogP contribution < -0.4 is 9.64 Å². The van der Waals surface area contributed by atoms with Crippen molar-refractivity contribution in [2.45, 2.75) is 19.0 Å². The smallest absolute Gasteiger partial charge is 0.391 e. The molecule has 1 aromatic rings. The highest BCUT2D eigenvalue weighted by Gasteiger charge is 2.41. The second-order valence-electron chi connectivity index (χ2n) is 4.22. The van der Waals surface area contributed by atoms with Crippen molar-refractivity contribution in [1.29, 1.82) is 0 Å². The maximum Gasteiger partial charge on any atom is 0.391 e. The summed E-state index contributed by atoms with van der Waals surface area (Å²) < 4.78 is 42.5. The van der Waals surface area contributed by atoms with Crippen LogP contribution in [0.2, 0.25) is 0 Å². The summed E-state index contributed by atoms with van der Waals surface area (Å²) in [6.45, 7) is 0.703. The zero-order valence-corrected chi connectivity index (χ0v) is 9.94. The van der Waals surface area contributed by atoms with Gasteiger partial charge in [0.2, 0.25) is 5.88 Å². The summed E-state index contributed by atoms with van der Waals surface area (Å²) in [7, 11) is 1.49. The van der Waals surface area contributed by atoms with Crippen molar-refractivity contribution in [3.8, 4) is 5.88 Å². The molecule has 0 bridgehead atoms. The Bertz CT molecular complexity index is 403. The molecule has 0 unspecified atom stereocenters. The first-order chi connectivity index (χ1) is 8.50. The lowest BCUT2D eigenvalue weighted by molar-refractivity contribution is -0.179. The molecule has 0 atom stereocenters. The van der Waals surface area contributed by atoms with Gasteiger partial charge < -0.3 is 9.64 Å². The molecule has 0 radical (unpaired) electrons. The summed E-state index contributed by atoms with van der Waals surface area (Å²) in [5.74, 6) is -0.169. The minimum absolute atomic E-state index is 0.107. The number of halogens is 3. The third-order valence-corrected chi connectivity index (χ3v) is 3.12. The second kappa shape index (κ2) is 4.99. The molecule has 0 aromatic carbocycles. The van der Waals surface area contributed by atoms with Gasteiger partial charge in [-0.3, -0.25) is 0 Å². The topological polar surface area (TPSA) is 38.2 Å². The average molecular weight is 261 g/mol. The molecule has 4 nitrogen and oxygen atoms in total. The number of hydrogen-bond donors (Lipinski definition) is 0. The molecular weight excluding hydrogens is 247 g/mol. The van der Waals surface area contributed by atoms with Crippen molar-refractivity contribution in [1.82, 2.24) is 9.97 Å². The molecule has 1 aliphatic heterocycles. The van der Waals surface area contributed by atoms with E-state index < -0.39 is 12.1 Å². The Morgan fingerprint density at radius 3 is 2.50 bits per heavy atom. The number of ether oxygens (including phenoxy) is 1. The Hall–Kier alpha value is -1.53. The SMILES string of the molecule is COc1cc(N2CCC(C(F)(F)F)CC2)ncn1. The number of rotatable bonds is 2. The number of methoxy groups -OCH3 is 1. The highest BCUT2D eigenvalue weighted by atomic mass is 19.4. The van der Waals surface area contributed by atoms with Gasteiger partial charge in [0.25, 0.3) is 0 Å². The van der Waals surface area contributed by atoms with Crippen molar-refractivity contribution in [2.24, 2.45) is 5.92 Å². The number of anilines is 1. The fourth-order valence-corrected chi connectivity index (χ4v) is 2.05. The van der Waals surface area contributed by atoms with E-state index in [9.17, 15) is 13.2 Å². The molecule has 18 heavy (non-hydrogen) atoms. The molecule has 1 aliphatic rings. The van der Waals surface area contributed by atoms with Crippen molar-refractivity contribution in [2.75, 3.05) is 25.1 Å². The van der Waals surface area contributed by atoms with Gasteiger partial charge in [0.15, 0.2) is 0 Å². The predicted molar refractivity (Wildman–Crippen MR) is 59.6 cm³/mol. The fourth-order valence-electron chi connectivity index (χ4n) is 2.05. The van der Waals surface area contributed by atoms with Crippen LogP contribution in [0.1, 0.15) is 12.8 Å². The number of nitrogens with zero attached hydrogens (tertiary/aromatic N) is 3. The van der Waals surface area contributed by atoms with E-state index in [4.69, 9.17) is 4.74 Å². The summed E-state index contributed by atoms with van der Waals surface area (Å²) in [5.41, 5.74) is 0. The molecule has 0 aliphatic carbocycles. The van der Waals surface area contributed by atoms with E-state index >= 15 is 0 Å². The van der Waals surface area contributed by atoms with Gasteiger partial charge in [-0.15, -0.1) is 0 Å². The number of aromatic nitrogens is 2. The van der Waals surface area contributed by atoms with Crippen LogP contribution in [0.25, 0.3) is 0 Å². The normalized spacial score (nSPS) is 17.9. The van der Waals surface area contributed by atoms with Crippen LogP contribution in [0, 0.1) is 5.92 Å². The Morgan fingerprint density at radius 1 is 1.28 bits per heavy atom. The highest BCUT2D eigenvalue weighted by molar-refractivity contribution is 5.41. The van der Waals surface area contributed by atoms with E-state index in [2.05, 4.69) is 9.97 Å². The van der Waals surface area contributed by atoms with Gasteiger partial charge >= 0.3 is 6.18 Å². The summed E-state index contributed by atoms with van der Waals surface area (Å²) in [6, 6.07) is 1.63. The molecule has 100 valence electrons. The second-order valence-corrected chi connectivity index (χ2v) is 4.22. The van der Waals surface area contributed by atoms with Crippen LogP contribution >= 0.6 is 0 Å². The van der Waals surface area contributed by atoms with Crippen LogP contribution in [0.5, 0.6) is 5.88 Å². The molecule has 7 heteroatoms. The van der Waals surface area contributed by atoms with Crippen LogP contribution in [-0.2, 0) is 0 Å². The lowest BCUT2D eigenvalue weighted by Gasteiger charge is -2.33. The summed E-state index contributed by atoms with van der Waals surface area (Å²) in [5, 5.41) is 0. The van der Waals surface area contributed by atoms with Crippen molar-refractivity contribution >= 4 is 5.82 Å². The molecule has 0 amide bonds. The van der Waals surface area contributed by atoms with E-state index in [-0.39, 0.29) is 12.8 Å². The molecule has 0 spiro atoms. The molecule has 1 saturated heterocycles. The maximum atomic E-state index is 12.5. The van der Waals surface area contributed by atoms with E-state index in [1.54, 1.807) is 6.07 Å². The summed E-state index contributed by atoms with van der Waals surface area (Å²) >= 11 is 0. The minimum Gasteiger partial charge on any atom is -0.481 e. The average Bonchev–Trinajstić information content (AvgIpc) is 2.38. The van der Waals surface area contributed by atoms with Gasteiger partial charge in [-0.1, -0.05) is 0 Å². The first kappa shape index (κ1) is 12.9. The van der Waals surface area contributed by atoms with Gasteiger partial charge in [-0.05, 0) is 12.8 Å². The molecule has 1 aromatic heterocycles. The number of piperidine rings is 1. The third-order valence-electron chi connectivity index (χ3n) is 3.12. The first-order valence-electron chi connectivity index (χ1n) is 5.68. The zero-order chi connectivity index (χ0) is 13.2. The molecule has 0 saturated carbocycles. The van der Waals surface area contributed by atoms with Gasteiger partial charge in [0.1, 0.15) is 12.1 Å². The zero-order valence-electron chi connectivity index (χ0n) is 9.94. The van der Waals surface area contributed by atoms with Crippen LogP contribution in [0.3, 0.4) is 0 Å². The van der Waals surface area contributed by atoms with Crippen molar-refractivity contribution in [3.05, 3.63) is 12.4 Å². The summed E-state index contributed by atoms with van der Waals surface area (Å²) in [4.78, 5) is 9.74. The van der Waals surface area contributed by atoms with Crippen LogP contribution in [0.4, 0.5) is 19.0 Å². The lowest BCUT2D eigenvalue weighted by Crippen LogP contribution is -2.39. The molecule has 1 fully saturated rings. The third kappa shape index (κ3) is 2.83. The van der Waals surface area contributed by atoms with E-state index in [0.717, 1.165) is 0 Å². The fraction of sp³-hybridized carbons (Fsp3) is 0.636. The van der Waals surface area contributed by atoms with Gasteiger partial charge in [0, 0.05) is 19.2 Å². The minimum atomic E-state index is -4.09. The Kier molecular flexibility index (Phi) is 3.58. The van der Waals surface area contributed by atoms with Gasteiger partial charge in [0.05, 0.1) is 13.0 Å². The Morgan fingerprint density at radius 2 is 1.94 bits per heavy atom. The Labute approximate surface area is 103 Å². The van der Waals surface area contributed by atoms with E-state index in [1.165, 1.54) is 13.4 Å². The summed E-state index contributed by atoms with van der Waals surface area (Å²) in [6.07, 6.45) is -2.52. The number of alkyl halides is 3. The van der Waals surface area contributed by atoms with Crippen molar-refractivity contribution in [3.63, 3.8) is 0 Å². The van der Waals surface area contributed by atoms with E-state index in [1.807, 2.05) is 4.90 Å². The largest absolute Gasteiger partial charge is 0.481 e. The molecular formula is C11H14F3N3O. The first-order valence-corrected chi connectivity index (χ1v) is 5.68. The van der Waals surface area contributed by atoms with E-state index in [0.29, 0.717) is 24.8 Å². The maximum absolute atomic E-state index is 12.5. The van der Waals surface area contributed by atoms with Crippen LogP contribution in [0.15, 0.2) is 12.4 Å². The predicted octanol–water partition coefficient (Wildman–Crippen LogP) is 2.26. The van der Waals surface area contributed by atoms with Crippen LogP contribution in [-0.4, -0.2) is 36.3 Å². The molecule has 0 N–H and O–H groups in total. The lowest BCUT2D eigenvalue weighted by atomic mass is 9.96. The number of hydrogen-bond acceptors (Lipinski definition) is 4.